The molecule has 0 radical (unpaired) electrons. The van der Waals surface area contributed by atoms with Gasteiger partial charge in [0.25, 0.3) is 5.78 Å². The minimum atomic E-state index is -1.08. The highest BCUT2D eigenvalue weighted by molar-refractivity contribution is 7.17. The number of carbonyl (C=O) groups excluding carboxylic acids is 3. The fourth-order valence-electron chi connectivity index (χ4n) is 5.32. The monoisotopic (exact) mass is 646 g/mol. The summed E-state index contributed by atoms with van der Waals surface area (Å²) in [6, 6.07) is 29.6. The molecule has 1 aliphatic heterocycles. The number of aromatic nitrogens is 1. The van der Waals surface area contributed by atoms with Crippen LogP contribution in [0.3, 0.4) is 0 Å². The second-order valence-corrected chi connectivity index (χ2v) is 11.8. The lowest BCUT2D eigenvalue weighted by Gasteiger charge is -2.23. The maximum atomic E-state index is 13.7. The minimum absolute atomic E-state index is 0.114. The standard InChI is InChI=1S/C37H30N2O7S/c1-22-9-7-10-24(19-22)21-45-27-17-15-25(16-18-27)32(40)30-31(26-11-8-14-29(20-26)46-28-12-5-4-6-13-28)39(35(42)33(30)41)37-38-23(2)34(47-37)36(43)44-3/h4-20,31,40H,21H2,1-3H3/b32-30+. The molecule has 9 nitrogen and oxygen atoms in total. The molecule has 1 saturated heterocycles. The molecule has 1 N–H and O–H groups in total. The van der Waals surface area contributed by atoms with Crippen molar-refractivity contribution in [2.45, 2.75) is 26.5 Å². The number of nitrogens with zero attached hydrogens (tertiary/aromatic N) is 2. The van der Waals surface area contributed by atoms with Crippen LogP contribution in [-0.4, -0.2) is 34.9 Å². The van der Waals surface area contributed by atoms with Crippen molar-refractivity contribution in [2.24, 2.45) is 0 Å². The van der Waals surface area contributed by atoms with Crippen LogP contribution in [0.5, 0.6) is 17.2 Å². The van der Waals surface area contributed by atoms with Crippen molar-refractivity contribution < 1.29 is 33.7 Å². The molecular weight excluding hydrogens is 616 g/mol. The highest BCUT2D eigenvalue weighted by atomic mass is 32.1. The van der Waals surface area contributed by atoms with Crippen LogP contribution in [0.15, 0.2) is 109 Å². The van der Waals surface area contributed by atoms with E-state index in [4.69, 9.17) is 14.2 Å². The molecule has 0 spiro atoms. The average molecular weight is 647 g/mol. The van der Waals surface area contributed by atoms with Gasteiger partial charge in [-0.1, -0.05) is 71.5 Å². The number of ether oxygens (including phenoxy) is 3. The highest BCUT2D eigenvalue weighted by Gasteiger charge is 2.48. The van der Waals surface area contributed by atoms with Gasteiger partial charge in [0.2, 0.25) is 0 Å². The molecule has 1 amide bonds. The first kappa shape index (κ1) is 31.3. The second-order valence-electron chi connectivity index (χ2n) is 10.9. The number of aliphatic hydroxyl groups is 1. The van der Waals surface area contributed by atoms with Gasteiger partial charge < -0.3 is 19.3 Å². The number of benzene rings is 4. The zero-order chi connectivity index (χ0) is 33.1. The molecule has 1 unspecified atom stereocenters. The Bertz CT molecular complexity index is 2000. The van der Waals surface area contributed by atoms with Crippen LogP contribution in [-0.2, 0) is 20.9 Å². The molecule has 0 saturated carbocycles. The van der Waals surface area contributed by atoms with Crippen molar-refractivity contribution in [1.82, 2.24) is 4.98 Å². The third-order valence-electron chi connectivity index (χ3n) is 7.58. The number of methoxy groups -OCH3 is 1. The Morgan fingerprint density at radius 2 is 1.60 bits per heavy atom. The molecule has 0 aliphatic carbocycles. The average Bonchev–Trinajstić information content (AvgIpc) is 3.59. The third kappa shape index (κ3) is 6.49. The van der Waals surface area contributed by atoms with E-state index in [2.05, 4.69) is 4.98 Å². The first-order valence-electron chi connectivity index (χ1n) is 14.7. The van der Waals surface area contributed by atoms with Gasteiger partial charge in [-0.15, -0.1) is 0 Å². The molecule has 1 atom stereocenters. The van der Waals surface area contributed by atoms with Crippen molar-refractivity contribution in [3.63, 3.8) is 0 Å². The Balaban J connectivity index is 1.40. The van der Waals surface area contributed by atoms with Crippen LogP contribution >= 0.6 is 11.3 Å². The topological polar surface area (TPSA) is 115 Å². The van der Waals surface area contributed by atoms with Gasteiger partial charge in [-0.25, -0.2) is 9.78 Å². The zero-order valence-corrected chi connectivity index (χ0v) is 26.6. The fourth-order valence-corrected chi connectivity index (χ4v) is 6.33. The quantitative estimate of drug-likeness (QED) is 0.0756. The molecule has 1 aromatic heterocycles. The largest absolute Gasteiger partial charge is 0.507 e. The van der Waals surface area contributed by atoms with E-state index in [1.54, 1.807) is 67.6 Å². The van der Waals surface area contributed by atoms with Gasteiger partial charge in [-0.2, -0.15) is 0 Å². The van der Waals surface area contributed by atoms with E-state index >= 15 is 0 Å². The molecule has 5 aromatic rings. The molecule has 0 bridgehead atoms. The summed E-state index contributed by atoms with van der Waals surface area (Å²) in [5.74, 6) is -1.14. The predicted octanol–water partition coefficient (Wildman–Crippen LogP) is 7.54. The summed E-state index contributed by atoms with van der Waals surface area (Å²) in [6.45, 7) is 3.99. The SMILES string of the molecule is COC(=O)c1sc(N2C(=O)C(=O)/C(=C(/O)c3ccc(OCc4cccc(C)c4)cc3)C2c2cccc(Oc3ccccc3)c2)nc1C. The number of ketones is 1. The number of thiazole rings is 1. The number of aliphatic hydroxyl groups excluding tert-OH is 1. The number of anilines is 1. The Kier molecular flexibility index (Phi) is 8.86. The molecule has 2 heterocycles. The van der Waals surface area contributed by atoms with E-state index in [1.165, 1.54) is 12.0 Å². The van der Waals surface area contributed by atoms with E-state index in [0.717, 1.165) is 22.5 Å². The number of esters is 1. The summed E-state index contributed by atoms with van der Waals surface area (Å²) < 4.78 is 16.9. The molecule has 1 aliphatic rings. The summed E-state index contributed by atoms with van der Waals surface area (Å²) in [5.41, 5.74) is 3.17. The smallest absolute Gasteiger partial charge is 0.350 e. The van der Waals surface area contributed by atoms with E-state index in [9.17, 15) is 19.5 Å². The molecular formula is C37H30N2O7S. The van der Waals surface area contributed by atoms with Crippen molar-refractivity contribution in [3.05, 3.63) is 142 Å². The summed E-state index contributed by atoms with van der Waals surface area (Å²) >= 11 is 0.932. The summed E-state index contributed by atoms with van der Waals surface area (Å²) in [4.78, 5) is 45.7. The number of aryl methyl sites for hydroxylation is 2. The van der Waals surface area contributed by atoms with Crippen LogP contribution in [0.1, 0.15) is 43.7 Å². The van der Waals surface area contributed by atoms with Crippen molar-refractivity contribution in [1.29, 1.82) is 0 Å². The Morgan fingerprint density at radius 1 is 0.872 bits per heavy atom. The number of hydrogen-bond donors (Lipinski definition) is 1. The van der Waals surface area contributed by atoms with E-state index in [-0.39, 0.29) is 21.3 Å². The lowest BCUT2D eigenvalue weighted by molar-refractivity contribution is -0.132. The van der Waals surface area contributed by atoms with Gasteiger partial charge in [-0.05, 0) is 73.5 Å². The predicted molar refractivity (Wildman–Crippen MR) is 178 cm³/mol. The van der Waals surface area contributed by atoms with Crippen LogP contribution < -0.4 is 14.4 Å². The maximum Gasteiger partial charge on any atom is 0.350 e. The summed E-state index contributed by atoms with van der Waals surface area (Å²) in [5, 5.41) is 11.8. The molecule has 1 fully saturated rings. The molecule has 236 valence electrons. The number of hydrogen-bond acceptors (Lipinski definition) is 9. The van der Waals surface area contributed by atoms with Gasteiger partial charge in [-0.3, -0.25) is 14.5 Å². The number of rotatable bonds is 9. The van der Waals surface area contributed by atoms with E-state index in [0.29, 0.717) is 40.7 Å². The van der Waals surface area contributed by atoms with Crippen molar-refractivity contribution >= 4 is 39.9 Å². The van der Waals surface area contributed by atoms with Gasteiger partial charge >= 0.3 is 11.9 Å². The second kappa shape index (κ2) is 13.3. The number of carbonyl (C=O) groups is 3. The van der Waals surface area contributed by atoms with Gasteiger partial charge in [0.15, 0.2) is 5.13 Å². The molecule has 10 heteroatoms. The van der Waals surface area contributed by atoms with Crippen molar-refractivity contribution in [2.75, 3.05) is 12.0 Å². The number of para-hydroxylation sites is 1. The Hall–Kier alpha value is -5.74. The first-order chi connectivity index (χ1) is 22.7. The highest BCUT2D eigenvalue weighted by Crippen LogP contribution is 2.45. The lowest BCUT2D eigenvalue weighted by Crippen LogP contribution is -2.29. The van der Waals surface area contributed by atoms with Gasteiger partial charge in [0, 0.05) is 5.56 Å². The lowest BCUT2D eigenvalue weighted by atomic mass is 9.95. The van der Waals surface area contributed by atoms with E-state index < -0.39 is 23.7 Å². The third-order valence-corrected chi connectivity index (χ3v) is 8.71. The van der Waals surface area contributed by atoms with Gasteiger partial charge in [0.05, 0.1) is 24.4 Å². The van der Waals surface area contributed by atoms with Crippen LogP contribution in [0.2, 0.25) is 0 Å². The van der Waals surface area contributed by atoms with Crippen molar-refractivity contribution in [3.8, 4) is 17.2 Å². The van der Waals surface area contributed by atoms with E-state index in [1.807, 2.05) is 49.4 Å². The maximum absolute atomic E-state index is 13.7. The van der Waals surface area contributed by atoms with Gasteiger partial charge in [0.1, 0.15) is 34.5 Å². The minimum Gasteiger partial charge on any atom is -0.507 e. The molecule has 4 aromatic carbocycles. The fraction of sp³-hybridized carbons (Fsp3) is 0.135. The molecule has 6 rings (SSSR count). The Morgan fingerprint density at radius 3 is 2.32 bits per heavy atom. The zero-order valence-electron chi connectivity index (χ0n) is 25.8. The summed E-state index contributed by atoms with van der Waals surface area (Å²) in [7, 11) is 1.25. The summed E-state index contributed by atoms with van der Waals surface area (Å²) in [6.07, 6.45) is 0. The first-order valence-corrected chi connectivity index (χ1v) is 15.5. The van der Waals surface area contributed by atoms with Crippen LogP contribution in [0, 0.1) is 13.8 Å². The van der Waals surface area contributed by atoms with Crippen LogP contribution in [0.25, 0.3) is 5.76 Å². The Labute approximate surface area is 275 Å². The molecule has 47 heavy (non-hydrogen) atoms. The number of amides is 1. The number of Topliss-reactive ketones (excluding diaryl/α,β-unsaturated/α-hetero) is 1. The normalized spacial score (nSPS) is 15.5. The van der Waals surface area contributed by atoms with Crippen LogP contribution in [0.4, 0.5) is 5.13 Å².